The fourth-order valence-electron chi connectivity index (χ4n) is 4.11. The Balaban J connectivity index is 1.38. The standard InChI is InChI=1S/C24H26ClN3O4S/c1-2-32-24(31)22(16-7-9-17(25)10-8-16)28-13-11-27(12-14-28)21(29)15-20-23(30)26-18-5-3-4-6-19(18)33-20/h3-10,20,22H,2,11-15H2,1H3,(H,26,30)/t20-,22-/m0/s1. The van der Waals surface area contributed by atoms with Crippen LogP contribution in [0.15, 0.2) is 53.4 Å². The topological polar surface area (TPSA) is 79.0 Å². The maximum atomic E-state index is 13.0. The summed E-state index contributed by atoms with van der Waals surface area (Å²) in [5, 5.41) is 3.04. The molecule has 0 bridgehead atoms. The van der Waals surface area contributed by atoms with Gasteiger partial charge in [0.25, 0.3) is 0 Å². The number of carbonyl (C=O) groups is 3. The van der Waals surface area contributed by atoms with Gasteiger partial charge in [-0.25, -0.2) is 4.79 Å². The van der Waals surface area contributed by atoms with Gasteiger partial charge >= 0.3 is 5.97 Å². The van der Waals surface area contributed by atoms with E-state index in [1.54, 1.807) is 24.0 Å². The molecule has 1 saturated heterocycles. The van der Waals surface area contributed by atoms with E-state index >= 15 is 0 Å². The number of amides is 2. The number of thioether (sulfide) groups is 1. The molecule has 0 saturated carbocycles. The van der Waals surface area contributed by atoms with Crippen LogP contribution in [0.2, 0.25) is 5.02 Å². The van der Waals surface area contributed by atoms with Gasteiger partial charge in [0, 0.05) is 42.5 Å². The maximum absolute atomic E-state index is 13.0. The second kappa shape index (κ2) is 10.6. The lowest BCUT2D eigenvalue weighted by atomic mass is 10.0. The minimum atomic E-state index is -0.546. The second-order valence-corrected chi connectivity index (χ2v) is 9.60. The van der Waals surface area contributed by atoms with Crippen LogP contribution in [0.1, 0.15) is 24.9 Å². The van der Waals surface area contributed by atoms with Crippen molar-refractivity contribution in [2.24, 2.45) is 0 Å². The molecule has 2 amide bonds. The fourth-order valence-corrected chi connectivity index (χ4v) is 5.33. The van der Waals surface area contributed by atoms with E-state index in [1.807, 2.05) is 41.3 Å². The minimum Gasteiger partial charge on any atom is -0.465 e. The van der Waals surface area contributed by atoms with Gasteiger partial charge in [-0.15, -0.1) is 11.8 Å². The quantitative estimate of drug-likeness (QED) is 0.627. The van der Waals surface area contributed by atoms with Gasteiger partial charge < -0.3 is 15.0 Å². The van der Waals surface area contributed by atoms with Crippen molar-refractivity contribution >= 4 is 46.8 Å². The number of benzene rings is 2. The highest BCUT2D eigenvalue weighted by atomic mass is 35.5. The molecule has 7 nitrogen and oxygen atoms in total. The van der Waals surface area contributed by atoms with Crippen molar-refractivity contribution in [3.05, 3.63) is 59.1 Å². The lowest BCUT2D eigenvalue weighted by molar-refractivity contribution is -0.151. The number of nitrogens with one attached hydrogen (secondary N) is 1. The lowest BCUT2D eigenvalue weighted by Crippen LogP contribution is -2.51. The molecule has 2 aromatic carbocycles. The molecule has 2 aromatic rings. The number of anilines is 1. The third-order valence-electron chi connectivity index (χ3n) is 5.79. The van der Waals surface area contributed by atoms with Crippen molar-refractivity contribution in [3.63, 3.8) is 0 Å². The Labute approximate surface area is 202 Å². The number of esters is 1. The van der Waals surface area contributed by atoms with E-state index in [2.05, 4.69) is 5.32 Å². The first-order chi connectivity index (χ1) is 16.0. The number of piperazine rings is 1. The summed E-state index contributed by atoms with van der Waals surface area (Å²) in [6.07, 6.45) is 0.142. The molecule has 9 heteroatoms. The monoisotopic (exact) mass is 487 g/mol. The fraction of sp³-hybridized carbons (Fsp3) is 0.375. The van der Waals surface area contributed by atoms with Crippen LogP contribution in [0.3, 0.4) is 0 Å². The number of carbonyl (C=O) groups excluding carboxylic acids is 3. The van der Waals surface area contributed by atoms with Crippen LogP contribution < -0.4 is 5.32 Å². The Morgan fingerprint density at radius 3 is 2.52 bits per heavy atom. The van der Waals surface area contributed by atoms with Crippen LogP contribution in [0.4, 0.5) is 5.69 Å². The summed E-state index contributed by atoms with van der Waals surface area (Å²) in [5.41, 5.74) is 1.60. The van der Waals surface area contributed by atoms with Gasteiger partial charge in [0.1, 0.15) is 6.04 Å². The third-order valence-corrected chi connectivity index (χ3v) is 7.32. The average molecular weight is 488 g/mol. The van der Waals surface area contributed by atoms with Crippen molar-refractivity contribution in [1.82, 2.24) is 9.80 Å². The lowest BCUT2D eigenvalue weighted by Gasteiger charge is -2.38. The van der Waals surface area contributed by atoms with Crippen molar-refractivity contribution in [3.8, 4) is 0 Å². The predicted octanol–water partition coefficient (Wildman–Crippen LogP) is 3.59. The Morgan fingerprint density at radius 2 is 1.82 bits per heavy atom. The van der Waals surface area contributed by atoms with Gasteiger partial charge in [0.15, 0.2) is 0 Å². The number of halogens is 1. The number of fused-ring (bicyclic) bond motifs is 1. The van der Waals surface area contributed by atoms with Crippen LogP contribution in [0, 0.1) is 0 Å². The van der Waals surface area contributed by atoms with Gasteiger partial charge in [0.2, 0.25) is 11.8 Å². The molecule has 2 aliphatic rings. The molecule has 2 heterocycles. The molecule has 2 atom stereocenters. The summed E-state index contributed by atoms with van der Waals surface area (Å²) in [4.78, 5) is 42.9. The van der Waals surface area contributed by atoms with Crippen molar-refractivity contribution in [1.29, 1.82) is 0 Å². The molecule has 0 unspecified atom stereocenters. The van der Waals surface area contributed by atoms with Crippen LogP contribution >= 0.6 is 23.4 Å². The predicted molar refractivity (Wildman–Crippen MR) is 128 cm³/mol. The van der Waals surface area contributed by atoms with Gasteiger partial charge in [0.05, 0.1) is 17.5 Å². The molecule has 0 radical (unpaired) electrons. The Morgan fingerprint density at radius 1 is 1.12 bits per heavy atom. The molecule has 2 aliphatic heterocycles. The van der Waals surface area contributed by atoms with Crippen LogP contribution in [0.25, 0.3) is 0 Å². The highest BCUT2D eigenvalue weighted by molar-refractivity contribution is 8.01. The second-order valence-electron chi connectivity index (χ2n) is 7.92. The SMILES string of the molecule is CCOC(=O)[C@H](c1ccc(Cl)cc1)N1CCN(C(=O)C[C@@H]2Sc3ccccc3NC2=O)CC1. The minimum absolute atomic E-state index is 0.0548. The number of hydrogen-bond acceptors (Lipinski definition) is 6. The molecule has 0 spiro atoms. The number of hydrogen-bond donors (Lipinski definition) is 1. The number of para-hydroxylation sites is 1. The van der Waals surface area contributed by atoms with Crippen molar-refractivity contribution < 1.29 is 19.1 Å². The van der Waals surface area contributed by atoms with Crippen LogP contribution in [-0.2, 0) is 19.1 Å². The summed E-state index contributed by atoms with van der Waals surface area (Å²) in [6, 6.07) is 14.2. The first-order valence-corrected chi connectivity index (χ1v) is 12.2. The average Bonchev–Trinajstić information content (AvgIpc) is 2.81. The van der Waals surface area contributed by atoms with Crippen molar-refractivity contribution in [2.75, 3.05) is 38.1 Å². The normalized spacial score (nSPS) is 19.4. The first kappa shape index (κ1) is 23.6. The first-order valence-electron chi connectivity index (χ1n) is 11.0. The maximum Gasteiger partial charge on any atom is 0.328 e. The van der Waals surface area contributed by atoms with Gasteiger partial charge in [-0.2, -0.15) is 0 Å². The molecule has 1 fully saturated rings. The van der Waals surface area contributed by atoms with E-state index in [0.717, 1.165) is 16.1 Å². The Hall–Kier alpha value is -2.55. The zero-order chi connectivity index (χ0) is 23.4. The molecular formula is C24H26ClN3O4S. The van der Waals surface area contributed by atoms with E-state index in [-0.39, 0.29) is 24.2 Å². The molecule has 4 rings (SSSR count). The summed E-state index contributed by atoms with van der Waals surface area (Å²) in [6.45, 7) is 4.11. The van der Waals surface area contributed by atoms with E-state index in [1.165, 1.54) is 11.8 Å². The van der Waals surface area contributed by atoms with E-state index in [9.17, 15) is 14.4 Å². The molecule has 174 valence electrons. The highest BCUT2D eigenvalue weighted by Gasteiger charge is 2.35. The zero-order valence-corrected chi connectivity index (χ0v) is 19.9. The summed E-state index contributed by atoms with van der Waals surface area (Å²) in [7, 11) is 0. The molecular weight excluding hydrogens is 462 g/mol. The zero-order valence-electron chi connectivity index (χ0n) is 18.3. The van der Waals surface area contributed by atoms with E-state index in [0.29, 0.717) is 37.8 Å². The van der Waals surface area contributed by atoms with Crippen LogP contribution in [0.5, 0.6) is 0 Å². The van der Waals surface area contributed by atoms with Gasteiger partial charge in [-0.05, 0) is 36.8 Å². The highest BCUT2D eigenvalue weighted by Crippen LogP contribution is 2.37. The number of ether oxygens (including phenoxy) is 1. The summed E-state index contributed by atoms with van der Waals surface area (Å²) in [5.74, 6) is -0.509. The van der Waals surface area contributed by atoms with Crippen molar-refractivity contribution in [2.45, 2.75) is 29.5 Å². The number of rotatable bonds is 6. The molecule has 1 N–H and O–H groups in total. The smallest absolute Gasteiger partial charge is 0.328 e. The largest absolute Gasteiger partial charge is 0.465 e. The van der Waals surface area contributed by atoms with Gasteiger partial charge in [-0.1, -0.05) is 35.9 Å². The van der Waals surface area contributed by atoms with E-state index < -0.39 is 11.3 Å². The molecule has 0 aliphatic carbocycles. The summed E-state index contributed by atoms with van der Waals surface area (Å²) < 4.78 is 5.32. The number of nitrogens with zero attached hydrogens (tertiary/aromatic N) is 2. The molecule has 33 heavy (non-hydrogen) atoms. The third kappa shape index (κ3) is 5.51. The Bertz CT molecular complexity index is 1020. The molecule has 0 aromatic heterocycles. The van der Waals surface area contributed by atoms with E-state index in [4.69, 9.17) is 16.3 Å². The Kier molecular flexibility index (Phi) is 7.57. The summed E-state index contributed by atoms with van der Waals surface area (Å²) >= 11 is 7.44. The van der Waals surface area contributed by atoms with Gasteiger partial charge in [-0.3, -0.25) is 14.5 Å². The van der Waals surface area contributed by atoms with Crippen LogP contribution in [-0.4, -0.2) is 65.6 Å².